The lowest BCUT2D eigenvalue weighted by Crippen LogP contribution is -2.50. The van der Waals surface area contributed by atoms with Crippen molar-refractivity contribution in [1.29, 1.82) is 0 Å². The lowest BCUT2D eigenvalue weighted by atomic mass is 9.98. The molecule has 2 aromatic rings. The molecular formula is C14H18ClNO2S. The van der Waals surface area contributed by atoms with Crippen LogP contribution in [0.25, 0.3) is 10.1 Å². The topological polar surface area (TPSA) is 52.5 Å². The summed E-state index contributed by atoms with van der Waals surface area (Å²) in [5.74, 6) is 0. The summed E-state index contributed by atoms with van der Waals surface area (Å²) >= 11 is 8.00. The van der Waals surface area contributed by atoms with Crippen LogP contribution in [0.3, 0.4) is 0 Å². The number of rotatable bonds is 6. The van der Waals surface area contributed by atoms with Crippen LogP contribution in [0.4, 0.5) is 0 Å². The fraction of sp³-hybridized carbons (Fsp3) is 0.429. The summed E-state index contributed by atoms with van der Waals surface area (Å²) in [6, 6.07) is 8.00. The Balaban J connectivity index is 2.20. The number of hydrogen-bond donors (Lipinski definition) is 3. The van der Waals surface area contributed by atoms with Crippen molar-refractivity contribution < 1.29 is 10.2 Å². The molecule has 0 saturated heterocycles. The minimum atomic E-state index is -0.639. The van der Waals surface area contributed by atoms with Crippen LogP contribution in [0, 0.1) is 0 Å². The Morgan fingerprint density at radius 3 is 2.53 bits per heavy atom. The van der Waals surface area contributed by atoms with Crippen molar-refractivity contribution in [3.05, 3.63) is 34.2 Å². The molecule has 1 heterocycles. The number of fused-ring (bicyclic) bond motifs is 1. The van der Waals surface area contributed by atoms with Crippen molar-refractivity contribution in [2.75, 3.05) is 13.2 Å². The number of halogens is 1. The van der Waals surface area contributed by atoms with Crippen LogP contribution in [-0.4, -0.2) is 29.0 Å². The number of thiophene rings is 1. The molecule has 0 aliphatic carbocycles. The molecule has 1 aromatic heterocycles. The van der Waals surface area contributed by atoms with E-state index >= 15 is 0 Å². The average Bonchev–Trinajstić information content (AvgIpc) is 2.78. The number of benzene rings is 1. The molecule has 0 aliphatic rings. The Labute approximate surface area is 121 Å². The van der Waals surface area contributed by atoms with E-state index in [1.807, 2.05) is 31.2 Å². The fourth-order valence-electron chi connectivity index (χ4n) is 1.96. The van der Waals surface area contributed by atoms with E-state index in [1.165, 1.54) is 0 Å². The first kappa shape index (κ1) is 14.8. The third-order valence-electron chi connectivity index (χ3n) is 3.51. The summed E-state index contributed by atoms with van der Waals surface area (Å²) in [5, 5.41) is 23.9. The summed E-state index contributed by atoms with van der Waals surface area (Å²) in [4.78, 5) is 1.03. The third kappa shape index (κ3) is 2.93. The highest BCUT2D eigenvalue weighted by Gasteiger charge is 2.26. The second kappa shape index (κ2) is 6.20. The van der Waals surface area contributed by atoms with Gasteiger partial charge in [0.05, 0.1) is 23.8 Å². The van der Waals surface area contributed by atoms with E-state index in [9.17, 15) is 10.2 Å². The number of aliphatic hydroxyl groups excluding tert-OH is 2. The molecule has 2 rings (SSSR count). The van der Waals surface area contributed by atoms with Crippen LogP contribution in [-0.2, 0) is 6.54 Å². The zero-order valence-electron chi connectivity index (χ0n) is 10.8. The van der Waals surface area contributed by atoms with E-state index in [0.717, 1.165) is 20.0 Å². The molecule has 104 valence electrons. The molecule has 0 atom stereocenters. The average molecular weight is 300 g/mol. The molecule has 0 saturated carbocycles. The Morgan fingerprint density at radius 2 is 1.95 bits per heavy atom. The van der Waals surface area contributed by atoms with Gasteiger partial charge in [0.1, 0.15) is 0 Å². The van der Waals surface area contributed by atoms with Crippen molar-refractivity contribution in [3.8, 4) is 0 Å². The highest BCUT2D eigenvalue weighted by Crippen LogP contribution is 2.35. The van der Waals surface area contributed by atoms with Crippen LogP contribution < -0.4 is 5.32 Å². The second-order valence-corrected chi connectivity index (χ2v) is 6.15. The summed E-state index contributed by atoms with van der Waals surface area (Å²) in [7, 11) is 0. The molecule has 0 amide bonds. The maximum Gasteiger partial charge on any atom is 0.0648 e. The first-order chi connectivity index (χ1) is 9.15. The van der Waals surface area contributed by atoms with Crippen molar-refractivity contribution >= 4 is 33.0 Å². The zero-order chi connectivity index (χ0) is 13.9. The number of hydrogen-bond acceptors (Lipinski definition) is 4. The first-order valence-electron chi connectivity index (χ1n) is 6.28. The fourth-order valence-corrected chi connectivity index (χ4v) is 3.40. The largest absolute Gasteiger partial charge is 0.394 e. The standard InChI is InChI=1S/C14H18ClNO2S/c1-2-14(8-17,9-18)16-7-12-13(15)10-5-3-4-6-11(10)19-12/h3-6,16-18H,2,7-9H2,1H3. The lowest BCUT2D eigenvalue weighted by molar-refractivity contribution is 0.0866. The van der Waals surface area contributed by atoms with Gasteiger partial charge in [0.15, 0.2) is 0 Å². The predicted octanol–water partition coefficient (Wildman–Crippen LogP) is 2.78. The van der Waals surface area contributed by atoms with E-state index in [-0.39, 0.29) is 13.2 Å². The van der Waals surface area contributed by atoms with Crippen LogP contribution in [0.15, 0.2) is 24.3 Å². The molecule has 0 spiro atoms. The van der Waals surface area contributed by atoms with Crippen molar-refractivity contribution in [2.24, 2.45) is 0 Å². The molecule has 5 heteroatoms. The van der Waals surface area contributed by atoms with Crippen LogP contribution >= 0.6 is 22.9 Å². The minimum Gasteiger partial charge on any atom is -0.394 e. The van der Waals surface area contributed by atoms with Crippen molar-refractivity contribution in [1.82, 2.24) is 5.32 Å². The Kier molecular flexibility index (Phi) is 4.81. The van der Waals surface area contributed by atoms with Crippen LogP contribution in [0.1, 0.15) is 18.2 Å². The molecule has 0 radical (unpaired) electrons. The van der Waals surface area contributed by atoms with E-state index in [2.05, 4.69) is 5.32 Å². The van der Waals surface area contributed by atoms with Gasteiger partial charge in [-0.05, 0) is 12.5 Å². The molecular weight excluding hydrogens is 282 g/mol. The molecule has 1 aromatic carbocycles. The smallest absolute Gasteiger partial charge is 0.0648 e. The monoisotopic (exact) mass is 299 g/mol. The Bertz CT molecular complexity index is 543. The molecule has 19 heavy (non-hydrogen) atoms. The van der Waals surface area contributed by atoms with Crippen molar-refractivity contribution in [2.45, 2.75) is 25.4 Å². The van der Waals surface area contributed by atoms with Crippen LogP contribution in [0.2, 0.25) is 5.02 Å². The van der Waals surface area contributed by atoms with Gasteiger partial charge in [-0.15, -0.1) is 11.3 Å². The van der Waals surface area contributed by atoms with Gasteiger partial charge in [0, 0.05) is 21.5 Å². The number of nitrogens with one attached hydrogen (secondary N) is 1. The zero-order valence-corrected chi connectivity index (χ0v) is 12.4. The molecule has 3 N–H and O–H groups in total. The quantitative estimate of drug-likeness (QED) is 0.769. The van der Waals surface area contributed by atoms with E-state index in [4.69, 9.17) is 11.6 Å². The van der Waals surface area contributed by atoms with Gasteiger partial charge in [-0.1, -0.05) is 36.7 Å². The lowest BCUT2D eigenvalue weighted by Gasteiger charge is -2.29. The van der Waals surface area contributed by atoms with Gasteiger partial charge in [-0.25, -0.2) is 0 Å². The second-order valence-electron chi connectivity index (χ2n) is 4.64. The van der Waals surface area contributed by atoms with Gasteiger partial charge in [-0.2, -0.15) is 0 Å². The van der Waals surface area contributed by atoms with Gasteiger partial charge in [0.25, 0.3) is 0 Å². The summed E-state index contributed by atoms with van der Waals surface area (Å²) < 4.78 is 1.15. The third-order valence-corrected chi connectivity index (χ3v) is 5.22. The van der Waals surface area contributed by atoms with E-state index in [0.29, 0.717) is 13.0 Å². The predicted molar refractivity (Wildman–Crippen MR) is 80.9 cm³/mol. The summed E-state index contributed by atoms with van der Waals surface area (Å²) in [6.07, 6.45) is 0.655. The molecule has 0 aliphatic heterocycles. The Hall–Kier alpha value is -0.650. The highest BCUT2D eigenvalue weighted by atomic mass is 35.5. The van der Waals surface area contributed by atoms with Gasteiger partial charge in [-0.3, -0.25) is 0 Å². The molecule has 3 nitrogen and oxygen atoms in total. The normalized spacial score (nSPS) is 12.2. The summed E-state index contributed by atoms with van der Waals surface area (Å²) in [6.45, 7) is 2.30. The maximum atomic E-state index is 9.41. The van der Waals surface area contributed by atoms with Crippen LogP contribution in [0.5, 0.6) is 0 Å². The maximum absolute atomic E-state index is 9.41. The van der Waals surface area contributed by atoms with Gasteiger partial charge >= 0.3 is 0 Å². The SMILES string of the molecule is CCC(CO)(CO)NCc1sc2ccccc2c1Cl. The molecule has 0 unspecified atom stereocenters. The highest BCUT2D eigenvalue weighted by molar-refractivity contribution is 7.19. The number of aliphatic hydroxyl groups is 2. The van der Waals surface area contributed by atoms with Gasteiger partial charge < -0.3 is 15.5 Å². The molecule has 0 fully saturated rings. The van der Waals surface area contributed by atoms with Crippen molar-refractivity contribution in [3.63, 3.8) is 0 Å². The van der Waals surface area contributed by atoms with E-state index < -0.39 is 5.54 Å². The van der Waals surface area contributed by atoms with E-state index in [1.54, 1.807) is 11.3 Å². The minimum absolute atomic E-state index is 0.0947. The molecule has 0 bridgehead atoms. The first-order valence-corrected chi connectivity index (χ1v) is 7.48. The Morgan fingerprint density at radius 1 is 1.26 bits per heavy atom. The van der Waals surface area contributed by atoms with Gasteiger partial charge in [0.2, 0.25) is 0 Å². The summed E-state index contributed by atoms with van der Waals surface area (Å²) in [5.41, 5.74) is -0.639.